The Morgan fingerprint density at radius 1 is 1.38 bits per heavy atom. The lowest BCUT2D eigenvalue weighted by Crippen LogP contribution is -2.19. The van der Waals surface area contributed by atoms with Crippen molar-refractivity contribution in [1.29, 1.82) is 0 Å². The number of nitrogens with one attached hydrogen (secondary N) is 1. The molecule has 16 heavy (non-hydrogen) atoms. The molecule has 0 bridgehead atoms. The lowest BCUT2D eigenvalue weighted by atomic mass is 9.98. The van der Waals surface area contributed by atoms with Gasteiger partial charge in [-0.1, -0.05) is 0 Å². The van der Waals surface area contributed by atoms with Crippen LogP contribution in [0.5, 0.6) is 11.5 Å². The number of hydrogen-bond donors (Lipinski definition) is 1. The minimum absolute atomic E-state index is 0.0707. The van der Waals surface area contributed by atoms with E-state index < -0.39 is 0 Å². The summed E-state index contributed by atoms with van der Waals surface area (Å²) in [5, 5.41) is 2.86. The summed E-state index contributed by atoms with van der Waals surface area (Å²) in [6, 6.07) is 1.77. The van der Waals surface area contributed by atoms with Crippen LogP contribution in [0, 0.1) is 13.8 Å². The first-order chi connectivity index (χ1) is 7.65. The van der Waals surface area contributed by atoms with Crippen LogP contribution in [0.25, 0.3) is 0 Å². The smallest absolute Gasteiger partial charge is 0.231 e. The largest absolute Gasteiger partial charge is 0.454 e. The van der Waals surface area contributed by atoms with Crippen molar-refractivity contribution in [2.45, 2.75) is 13.8 Å². The van der Waals surface area contributed by atoms with E-state index in [1.54, 1.807) is 13.1 Å². The number of benzene rings is 1. The molecule has 4 nitrogen and oxygen atoms in total. The first-order valence-electron chi connectivity index (χ1n) is 5.22. The third-order valence-corrected chi connectivity index (χ3v) is 2.86. The standard InChI is InChI=1S/C12H15NO3/c1-7-8(2)12-11(15-6-16-12)4-9(7)10(14)5-13-3/h4,13H,5-6H2,1-3H3. The molecule has 4 heteroatoms. The van der Waals surface area contributed by atoms with Crippen molar-refractivity contribution in [3.05, 3.63) is 22.8 Å². The zero-order valence-electron chi connectivity index (χ0n) is 9.72. The van der Waals surface area contributed by atoms with Crippen LogP contribution in [0.2, 0.25) is 0 Å². The normalized spacial score (nSPS) is 12.9. The molecule has 0 unspecified atom stereocenters. The third-order valence-electron chi connectivity index (χ3n) is 2.86. The molecule has 0 saturated heterocycles. The first kappa shape index (κ1) is 11.0. The highest BCUT2D eigenvalue weighted by Gasteiger charge is 2.22. The van der Waals surface area contributed by atoms with Gasteiger partial charge in [0, 0.05) is 5.56 Å². The highest BCUT2D eigenvalue weighted by atomic mass is 16.7. The van der Waals surface area contributed by atoms with Crippen molar-refractivity contribution >= 4 is 5.78 Å². The van der Waals surface area contributed by atoms with E-state index in [0.29, 0.717) is 17.9 Å². The fourth-order valence-corrected chi connectivity index (χ4v) is 1.85. The van der Waals surface area contributed by atoms with Crippen LogP contribution in [-0.2, 0) is 0 Å². The van der Waals surface area contributed by atoms with Crippen molar-refractivity contribution in [2.75, 3.05) is 20.4 Å². The summed E-state index contributed by atoms with van der Waals surface area (Å²) >= 11 is 0. The molecule has 0 fully saturated rings. The van der Waals surface area contributed by atoms with E-state index in [1.807, 2.05) is 13.8 Å². The molecule has 0 aromatic heterocycles. The maximum absolute atomic E-state index is 11.9. The molecule has 0 saturated carbocycles. The highest BCUT2D eigenvalue weighted by Crippen LogP contribution is 2.38. The molecule has 1 N–H and O–H groups in total. The molecule has 0 radical (unpaired) electrons. The van der Waals surface area contributed by atoms with E-state index in [2.05, 4.69) is 5.32 Å². The fraction of sp³-hybridized carbons (Fsp3) is 0.417. The second-order valence-electron chi connectivity index (χ2n) is 3.86. The maximum atomic E-state index is 11.9. The molecule has 86 valence electrons. The van der Waals surface area contributed by atoms with Gasteiger partial charge in [-0.2, -0.15) is 0 Å². The summed E-state index contributed by atoms with van der Waals surface area (Å²) in [6.07, 6.45) is 0. The van der Waals surface area contributed by atoms with Gasteiger partial charge in [0.1, 0.15) is 0 Å². The lowest BCUT2D eigenvalue weighted by Gasteiger charge is -2.10. The van der Waals surface area contributed by atoms with E-state index in [9.17, 15) is 4.79 Å². The van der Waals surface area contributed by atoms with Crippen molar-refractivity contribution in [3.63, 3.8) is 0 Å². The number of ether oxygens (including phenoxy) is 2. The molecule has 0 aliphatic carbocycles. The predicted octanol–water partition coefficient (Wildman–Crippen LogP) is 1.43. The predicted molar refractivity (Wildman–Crippen MR) is 60.3 cm³/mol. The Balaban J connectivity index is 2.47. The van der Waals surface area contributed by atoms with Gasteiger partial charge in [0.05, 0.1) is 6.54 Å². The van der Waals surface area contributed by atoms with Crippen LogP contribution < -0.4 is 14.8 Å². The van der Waals surface area contributed by atoms with Gasteiger partial charge in [-0.25, -0.2) is 0 Å². The van der Waals surface area contributed by atoms with Gasteiger partial charge in [-0.05, 0) is 38.1 Å². The number of ketones is 1. The molecule has 0 spiro atoms. The first-order valence-corrected chi connectivity index (χ1v) is 5.22. The summed E-state index contributed by atoms with van der Waals surface area (Å²) in [6.45, 7) is 4.44. The zero-order chi connectivity index (χ0) is 11.7. The molecular formula is C12H15NO3. The summed E-state index contributed by atoms with van der Waals surface area (Å²) in [7, 11) is 1.76. The Labute approximate surface area is 94.6 Å². The molecular weight excluding hydrogens is 206 g/mol. The quantitative estimate of drug-likeness (QED) is 0.784. The Morgan fingerprint density at radius 2 is 2.12 bits per heavy atom. The number of hydrogen-bond acceptors (Lipinski definition) is 4. The highest BCUT2D eigenvalue weighted by molar-refractivity contribution is 6.00. The number of carbonyl (C=O) groups excluding carboxylic acids is 1. The number of rotatable bonds is 3. The molecule has 1 aliphatic rings. The number of Topliss-reactive ketones (excluding diaryl/α,β-unsaturated/α-hetero) is 1. The van der Waals surface area contributed by atoms with Gasteiger partial charge in [-0.3, -0.25) is 4.79 Å². The van der Waals surface area contributed by atoms with Crippen LogP contribution >= 0.6 is 0 Å². The van der Waals surface area contributed by atoms with Crippen molar-refractivity contribution < 1.29 is 14.3 Å². The number of likely N-dealkylation sites (N-methyl/N-ethyl adjacent to an activating group) is 1. The summed E-state index contributed by atoms with van der Waals surface area (Å²) < 4.78 is 10.7. The molecule has 0 amide bonds. The van der Waals surface area contributed by atoms with Gasteiger partial charge in [0.15, 0.2) is 17.3 Å². The minimum Gasteiger partial charge on any atom is -0.454 e. The van der Waals surface area contributed by atoms with Gasteiger partial charge in [0.25, 0.3) is 0 Å². The topological polar surface area (TPSA) is 47.6 Å². The SMILES string of the molecule is CNCC(=O)c1cc2c(c(C)c1C)OCO2. The molecule has 1 heterocycles. The fourth-order valence-electron chi connectivity index (χ4n) is 1.85. The third kappa shape index (κ3) is 1.65. The molecule has 1 aliphatic heterocycles. The Kier molecular flexibility index (Phi) is 2.83. The van der Waals surface area contributed by atoms with Gasteiger partial charge in [-0.15, -0.1) is 0 Å². The second kappa shape index (κ2) is 4.14. The molecule has 1 aromatic carbocycles. The average Bonchev–Trinajstić information content (AvgIpc) is 2.71. The lowest BCUT2D eigenvalue weighted by molar-refractivity contribution is 0.0992. The van der Waals surface area contributed by atoms with E-state index in [-0.39, 0.29) is 12.6 Å². The minimum atomic E-state index is 0.0707. The van der Waals surface area contributed by atoms with Crippen LogP contribution in [0.15, 0.2) is 6.07 Å². The van der Waals surface area contributed by atoms with Gasteiger partial charge < -0.3 is 14.8 Å². The van der Waals surface area contributed by atoms with Crippen molar-refractivity contribution in [1.82, 2.24) is 5.32 Å². The number of fused-ring (bicyclic) bond motifs is 1. The molecule has 1 aromatic rings. The van der Waals surface area contributed by atoms with Gasteiger partial charge >= 0.3 is 0 Å². The van der Waals surface area contributed by atoms with Crippen molar-refractivity contribution in [2.24, 2.45) is 0 Å². The Hall–Kier alpha value is -1.55. The van der Waals surface area contributed by atoms with E-state index in [0.717, 1.165) is 16.9 Å². The summed E-state index contributed by atoms with van der Waals surface area (Å²) in [5.74, 6) is 1.50. The molecule has 2 rings (SSSR count). The second-order valence-corrected chi connectivity index (χ2v) is 3.86. The van der Waals surface area contributed by atoms with E-state index >= 15 is 0 Å². The van der Waals surface area contributed by atoms with Crippen LogP contribution in [0.4, 0.5) is 0 Å². The number of carbonyl (C=O) groups is 1. The maximum Gasteiger partial charge on any atom is 0.231 e. The summed E-state index contributed by atoms with van der Waals surface area (Å²) in [4.78, 5) is 11.9. The Morgan fingerprint density at radius 3 is 2.81 bits per heavy atom. The molecule has 0 atom stereocenters. The Bertz CT molecular complexity index is 440. The van der Waals surface area contributed by atoms with E-state index in [1.165, 1.54) is 0 Å². The average molecular weight is 221 g/mol. The van der Waals surface area contributed by atoms with Gasteiger partial charge in [0.2, 0.25) is 6.79 Å². The van der Waals surface area contributed by atoms with Crippen LogP contribution in [0.3, 0.4) is 0 Å². The van der Waals surface area contributed by atoms with Crippen LogP contribution in [0.1, 0.15) is 21.5 Å². The zero-order valence-corrected chi connectivity index (χ0v) is 9.72. The monoisotopic (exact) mass is 221 g/mol. The van der Waals surface area contributed by atoms with Crippen LogP contribution in [-0.4, -0.2) is 26.2 Å². The van der Waals surface area contributed by atoms with E-state index in [4.69, 9.17) is 9.47 Å². The summed E-state index contributed by atoms with van der Waals surface area (Å²) in [5.41, 5.74) is 2.65. The van der Waals surface area contributed by atoms with Crippen molar-refractivity contribution in [3.8, 4) is 11.5 Å².